The van der Waals surface area contributed by atoms with Crippen LogP contribution in [0, 0.1) is 5.82 Å². The van der Waals surface area contributed by atoms with Crippen LogP contribution in [0.5, 0.6) is 17.2 Å². The minimum atomic E-state index is -1.15. The number of nitrogens with one attached hydrogen (secondary N) is 1. The Bertz CT molecular complexity index is 1280. The number of nitrogens with zero attached hydrogens (tertiary/aromatic N) is 2. The predicted octanol–water partition coefficient (Wildman–Crippen LogP) is 4.16. The Labute approximate surface area is 176 Å². The summed E-state index contributed by atoms with van der Waals surface area (Å²) in [5.74, 6) is -0.230. The standard InChI is InChI=1S/C22H18FN3O5/c1-29-16-10-18(31-3)17(30-2)9-13(16)15-8-14(22(27)28)19-20(25-26-21(19)24-15)11-4-6-12(23)7-5-11/h4-10H,1-3H3,(H,27,28)(H,24,25,26). The summed E-state index contributed by atoms with van der Waals surface area (Å²) in [5.41, 5.74) is 2.06. The second kappa shape index (κ2) is 7.94. The molecule has 0 saturated heterocycles. The van der Waals surface area contributed by atoms with Gasteiger partial charge in [-0.1, -0.05) is 0 Å². The van der Waals surface area contributed by atoms with Crippen LogP contribution in [-0.4, -0.2) is 47.6 Å². The molecule has 0 spiro atoms. The third kappa shape index (κ3) is 3.50. The summed E-state index contributed by atoms with van der Waals surface area (Å²) in [7, 11) is 4.49. The summed E-state index contributed by atoms with van der Waals surface area (Å²) in [6.45, 7) is 0. The van der Waals surface area contributed by atoms with E-state index in [0.29, 0.717) is 45.1 Å². The van der Waals surface area contributed by atoms with Crippen LogP contribution >= 0.6 is 0 Å². The Hall–Kier alpha value is -4.14. The molecule has 0 amide bonds. The number of aromatic carboxylic acids is 1. The van der Waals surface area contributed by atoms with E-state index in [2.05, 4.69) is 15.2 Å². The number of halogens is 1. The molecule has 2 heterocycles. The van der Waals surface area contributed by atoms with Crippen LogP contribution in [0.4, 0.5) is 4.39 Å². The minimum absolute atomic E-state index is 0.00934. The zero-order valence-electron chi connectivity index (χ0n) is 16.9. The van der Waals surface area contributed by atoms with Gasteiger partial charge >= 0.3 is 5.97 Å². The maximum atomic E-state index is 13.3. The number of H-pyrrole nitrogens is 1. The zero-order valence-corrected chi connectivity index (χ0v) is 16.9. The van der Waals surface area contributed by atoms with Crippen molar-refractivity contribution < 1.29 is 28.5 Å². The van der Waals surface area contributed by atoms with E-state index in [1.165, 1.54) is 39.5 Å². The Balaban J connectivity index is 1.96. The molecule has 0 unspecified atom stereocenters. The van der Waals surface area contributed by atoms with Crippen LogP contribution in [-0.2, 0) is 0 Å². The number of methoxy groups -OCH3 is 3. The molecule has 0 atom stereocenters. The molecule has 4 rings (SSSR count). The number of ether oxygens (including phenoxy) is 3. The Morgan fingerprint density at radius 1 is 0.968 bits per heavy atom. The Kier molecular flexibility index (Phi) is 5.16. The monoisotopic (exact) mass is 423 g/mol. The highest BCUT2D eigenvalue weighted by molar-refractivity contribution is 6.08. The molecule has 2 aromatic heterocycles. The second-order valence-corrected chi connectivity index (χ2v) is 6.57. The summed E-state index contributed by atoms with van der Waals surface area (Å²) < 4.78 is 29.4. The largest absolute Gasteiger partial charge is 0.496 e. The van der Waals surface area contributed by atoms with Crippen LogP contribution in [0.15, 0.2) is 42.5 Å². The highest BCUT2D eigenvalue weighted by Gasteiger charge is 2.22. The topological polar surface area (TPSA) is 107 Å². The molecule has 0 fully saturated rings. The number of fused-ring (bicyclic) bond motifs is 1. The molecule has 31 heavy (non-hydrogen) atoms. The number of hydrogen-bond acceptors (Lipinski definition) is 6. The van der Waals surface area contributed by atoms with E-state index >= 15 is 0 Å². The Morgan fingerprint density at radius 2 is 1.61 bits per heavy atom. The van der Waals surface area contributed by atoms with Crippen molar-refractivity contribution in [3.8, 4) is 39.8 Å². The van der Waals surface area contributed by atoms with E-state index in [1.807, 2.05) is 0 Å². The van der Waals surface area contributed by atoms with Crippen molar-refractivity contribution in [1.29, 1.82) is 0 Å². The molecule has 2 N–H and O–H groups in total. The molecule has 0 aliphatic carbocycles. The van der Waals surface area contributed by atoms with E-state index in [1.54, 1.807) is 24.3 Å². The van der Waals surface area contributed by atoms with Crippen molar-refractivity contribution in [2.75, 3.05) is 21.3 Å². The molecule has 2 aromatic carbocycles. The fraction of sp³-hybridized carbons (Fsp3) is 0.136. The lowest BCUT2D eigenvalue weighted by atomic mass is 10.0. The van der Waals surface area contributed by atoms with Crippen LogP contribution in [0.2, 0.25) is 0 Å². The first-order chi connectivity index (χ1) is 15.0. The molecule has 8 nitrogen and oxygen atoms in total. The number of carbonyl (C=O) groups is 1. The molecule has 0 aliphatic heterocycles. The molecule has 0 saturated carbocycles. The van der Waals surface area contributed by atoms with Crippen molar-refractivity contribution in [3.05, 3.63) is 53.8 Å². The third-order valence-electron chi connectivity index (χ3n) is 4.87. The van der Waals surface area contributed by atoms with Gasteiger partial charge in [0.1, 0.15) is 11.6 Å². The van der Waals surface area contributed by atoms with Gasteiger partial charge in [-0.25, -0.2) is 14.2 Å². The summed E-state index contributed by atoms with van der Waals surface area (Å²) in [6.07, 6.45) is 0. The number of aromatic nitrogens is 3. The normalized spacial score (nSPS) is 10.8. The minimum Gasteiger partial charge on any atom is -0.496 e. The van der Waals surface area contributed by atoms with Crippen molar-refractivity contribution in [2.24, 2.45) is 0 Å². The maximum Gasteiger partial charge on any atom is 0.336 e. The summed E-state index contributed by atoms with van der Waals surface area (Å²) in [5, 5.41) is 17.2. The first-order valence-corrected chi connectivity index (χ1v) is 9.15. The molecule has 0 aliphatic rings. The number of carboxylic acid groups (broad SMARTS) is 1. The van der Waals surface area contributed by atoms with Crippen molar-refractivity contribution in [1.82, 2.24) is 15.2 Å². The average Bonchev–Trinajstić information content (AvgIpc) is 3.21. The second-order valence-electron chi connectivity index (χ2n) is 6.57. The average molecular weight is 423 g/mol. The van der Waals surface area contributed by atoms with Gasteiger partial charge in [0.25, 0.3) is 0 Å². The summed E-state index contributed by atoms with van der Waals surface area (Å²) >= 11 is 0. The molecular formula is C22H18FN3O5. The highest BCUT2D eigenvalue weighted by Crippen LogP contribution is 2.41. The molecule has 158 valence electrons. The fourth-order valence-corrected chi connectivity index (χ4v) is 3.39. The number of aromatic amines is 1. The van der Waals surface area contributed by atoms with Crippen LogP contribution in [0.1, 0.15) is 10.4 Å². The van der Waals surface area contributed by atoms with Gasteiger partial charge in [0.2, 0.25) is 0 Å². The Morgan fingerprint density at radius 3 is 2.23 bits per heavy atom. The van der Waals surface area contributed by atoms with Crippen molar-refractivity contribution in [3.63, 3.8) is 0 Å². The van der Waals surface area contributed by atoms with Gasteiger partial charge in [-0.2, -0.15) is 5.10 Å². The van der Waals surface area contributed by atoms with Crippen LogP contribution < -0.4 is 14.2 Å². The predicted molar refractivity (Wildman–Crippen MR) is 111 cm³/mol. The van der Waals surface area contributed by atoms with Gasteiger partial charge in [-0.05, 0) is 36.4 Å². The molecule has 0 radical (unpaired) electrons. The maximum absolute atomic E-state index is 13.3. The summed E-state index contributed by atoms with van der Waals surface area (Å²) in [6, 6.07) is 10.4. The number of pyridine rings is 1. The third-order valence-corrected chi connectivity index (χ3v) is 4.87. The zero-order chi connectivity index (χ0) is 22.1. The van der Waals surface area contributed by atoms with E-state index in [0.717, 1.165) is 0 Å². The van der Waals surface area contributed by atoms with Crippen LogP contribution in [0.3, 0.4) is 0 Å². The van der Waals surface area contributed by atoms with Gasteiger partial charge in [0.15, 0.2) is 17.1 Å². The van der Waals surface area contributed by atoms with Gasteiger partial charge in [0, 0.05) is 17.2 Å². The number of benzene rings is 2. The number of rotatable bonds is 6. The van der Waals surface area contributed by atoms with E-state index in [9.17, 15) is 14.3 Å². The van der Waals surface area contributed by atoms with Gasteiger partial charge in [-0.3, -0.25) is 5.10 Å². The number of hydrogen-bond donors (Lipinski definition) is 2. The summed E-state index contributed by atoms with van der Waals surface area (Å²) in [4.78, 5) is 16.6. The van der Waals surface area contributed by atoms with Crippen molar-refractivity contribution >= 4 is 17.0 Å². The molecule has 4 aromatic rings. The molecular weight excluding hydrogens is 405 g/mol. The van der Waals surface area contributed by atoms with Gasteiger partial charge < -0.3 is 19.3 Å². The van der Waals surface area contributed by atoms with E-state index in [-0.39, 0.29) is 11.2 Å². The lowest BCUT2D eigenvalue weighted by Crippen LogP contribution is -2.01. The van der Waals surface area contributed by atoms with Gasteiger partial charge in [-0.15, -0.1) is 0 Å². The highest BCUT2D eigenvalue weighted by atomic mass is 19.1. The lowest BCUT2D eigenvalue weighted by Gasteiger charge is -2.14. The fourth-order valence-electron chi connectivity index (χ4n) is 3.39. The lowest BCUT2D eigenvalue weighted by molar-refractivity contribution is 0.0699. The smallest absolute Gasteiger partial charge is 0.336 e. The van der Waals surface area contributed by atoms with Gasteiger partial charge in [0.05, 0.1) is 43.7 Å². The SMILES string of the molecule is COc1cc(OC)c(-c2cc(C(=O)O)c3c(-c4ccc(F)cc4)[nH]nc3n2)cc1OC. The van der Waals surface area contributed by atoms with Crippen molar-refractivity contribution in [2.45, 2.75) is 0 Å². The van der Waals surface area contributed by atoms with E-state index in [4.69, 9.17) is 14.2 Å². The number of carboxylic acids is 1. The van der Waals surface area contributed by atoms with Crippen LogP contribution in [0.25, 0.3) is 33.5 Å². The molecule has 9 heteroatoms. The first kappa shape index (κ1) is 20.1. The first-order valence-electron chi connectivity index (χ1n) is 9.15. The quantitative estimate of drug-likeness (QED) is 0.480. The molecule has 0 bridgehead atoms. The van der Waals surface area contributed by atoms with E-state index < -0.39 is 11.8 Å².